The highest BCUT2D eigenvalue weighted by Crippen LogP contribution is 2.19. The summed E-state index contributed by atoms with van der Waals surface area (Å²) in [6, 6.07) is 16.8. The lowest BCUT2D eigenvalue weighted by Gasteiger charge is -2.10. The van der Waals surface area contributed by atoms with E-state index in [0.717, 1.165) is 10.6 Å². The molecule has 0 spiro atoms. The van der Waals surface area contributed by atoms with Gasteiger partial charge in [0.15, 0.2) is 0 Å². The van der Waals surface area contributed by atoms with Crippen molar-refractivity contribution >= 4 is 27.7 Å². The van der Waals surface area contributed by atoms with Crippen molar-refractivity contribution in [1.82, 2.24) is 11.0 Å². The quantitative estimate of drug-likeness (QED) is 0.575. The van der Waals surface area contributed by atoms with Gasteiger partial charge >= 0.3 is 0 Å². The minimum atomic E-state index is 1.00. The summed E-state index contributed by atoms with van der Waals surface area (Å²) in [6.07, 6.45) is 1.97. The predicted molar refractivity (Wildman–Crippen MR) is 73.0 cm³/mol. The second kappa shape index (κ2) is 3.47. The monoisotopic (exact) mass is 233 g/mol. The molecule has 86 valence electrons. The molecule has 1 aliphatic rings. The minimum Gasteiger partial charge on any atom is -0.292 e. The number of benzene rings is 3. The van der Waals surface area contributed by atoms with Crippen molar-refractivity contribution in [1.29, 1.82) is 0 Å². The van der Waals surface area contributed by atoms with E-state index in [0.29, 0.717) is 0 Å². The number of hydrogen-bond donors (Lipinski definition) is 2. The second-order valence-electron chi connectivity index (χ2n) is 4.37. The van der Waals surface area contributed by atoms with Crippen LogP contribution < -0.4 is 21.5 Å². The van der Waals surface area contributed by atoms with Gasteiger partial charge in [0.2, 0.25) is 0 Å². The average Bonchev–Trinajstić information content (AvgIpc) is 2.48. The van der Waals surface area contributed by atoms with E-state index in [1.807, 2.05) is 6.20 Å². The lowest BCUT2D eigenvalue weighted by Crippen LogP contribution is -2.40. The summed E-state index contributed by atoms with van der Waals surface area (Å²) in [4.78, 5) is 0. The van der Waals surface area contributed by atoms with Gasteiger partial charge in [-0.25, -0.2) is 5.53 Å². The third-order valence-electron chi connectivity index (χ3n) is 3.39. The minimum absolute atomic E-state index is 1.00. The first-order valence-corrected chi connectivity index (χ1v) is 5.93. The molecule has 0 aliphatic carbocycles. The number of rotatable bonds is 0. The smallest absolute Gasteiger partial charge is 0.102 e. The Balaban J connectivity index is 2.46. The SMILES string of the molecule is C1=c2c(c3ccccc3c3ccccc23)=NNN1. The highest BCUT2D eigenvalue weighted by molar-refractivity contribution is 6.07. The number of nitrogens with one attached hydrogen (secondary N) is 2. The molecule has 0 unspecified atom stereocenters. The Morgan fingerprint density at radius 2 is 1.33 bits per heavy atom. The number of fused-ring (bicyclic) bond motifs is 6. The highest BCUT2D eigenvalue weighted by Gasteiger charge is 2.07. The van der Waals surface area contributed by atoms with Gasteiger partial charge in [0.1, 0.15) is 5.36 Å². The van der Waals surface area contributed by atoms with Gasteiger partial charge < -0.3 is 0 Å². The van der Waals surface area contributed by atoms with E-state index in [4.69, 9.17) is 0 Å². The lowest BCUT2D eigenvalue weighted by atomic mass is 9.99. The summed E-state index contributed by atoms with van der Waals surface area (Å²) in [5.41, 5.74) is 5.77. The van der Waals surface area contributed by atoms with Crippen LogP contribution in [0.1, 0.15) is 0 Å². The van der Waals surface area contributed by atoms with Gasteiger partial charge in [0, 0.05) is 16.8 Å². The molecule has 2 N–H and O–H groups in total. The second-order valence-corrected chi connectivity index (χ2v) is 4.37. The molecule has 3 aromatic carbocycles. The Morgan fingerprint density at radius 1 is 0.722 bits per heavy atom. The van der Waals surface area contributed by atoms with Crippen molar-refractivity contribution in [3.05, 3.63) is 59.1 Å². The summed E-state index contributed by atoms with van der Waals surface area (Å²) < 4.78 is 0. The molecule has 3 nitrogen and oxygen atoms in total. The third kappa shape index (κ3) is 1.16. The molecular weight excluding hydrogens is 222 g/mol. The van der Waals surface area contributed by atoms with Gasteiger partial charge in [0.25, 0.3) is 0 Å². The van der Waals surface area contributed by atoms with Crippen molar-refractivity contribution in [2.45, 2.75) is 0 Å². The van der Waals surface area contributed by atoms with Crippen LogP contribution in [-0.4, -0.2) is 0 Å². The molecule has 0 fully saturated rings. The van der Waals surface area contributed by atoms with Crippen molar-refractivity contribution in [3.8, 4) is 0 Å². The first-order valence-electron chi connectivity index (χ1n) is 5.93. The van der Waals surface area contributed by atoms with E-state index < -0.39 is 0 Å². The summed E-state index contributed by atoms with van der Waals surface area (Å²) in [5, 5.41) is 11.4. The summed E-state index contributed by atoms with van der Waals surface area (Å²) in [6.45, 7) is 0. The maximum absolute atomic E-state index is 4.38. The molecule has 1 heterocycles. The first kappa shape index (κ1) is 9.48. The Labute approximate surface area is 103 Å². The van der Waals surface area contributed by atoms with Crippen LogP contribution in [0.3, 0.4) is 0 Å². The maximum atomic E-state index is 4.38. The molecular formula is C15H11N3. The van der Waals surface area contributed by atoms with Crippen molar-refractivity contribution in [2.75, 3.05) is 0 Å². The molecule has 0 saturated carbocycles. The number of hydrogen-bond acceptors (Lipinski definition) is 3. The van der Waals surface area contributed by atoms with Crippen LogP contribution in [0.4, 0.5) is 0 Å². The zero-order valence-corrected chi connectivity index (χ0v) is 9.64. The van der Waals surface area contributed by atoms with Crippen molar-refractivity contribution in [3.63, 3.8) is 0 Å². The van der Waals surface area contributed by atoms with Gasteiger partial charge in [-0.15, -0.1) is 0 Å². The van der Waals surface area contributed by atoms with Gasteiger partial charge in [-0.2, -0.15) is 5.10 Å². The Bertz CT molecular complexity index is 807. The van der Waals surface area contributed by atoms with E-state index in [2.05, 4.69) is 64.6 Å². The molecule has 0 amide bonds. The topological polar surface area (TPSA) is 36.4 Å². The molecule has 0 aromatic heterocycles. The van der Waals surface area contributed by atoms with E-state index in [-0.39, 0.29) is 0 Å². The van der Waals surface area contributed by atoms with Gasteiger partial charge in [0.05, 0.1) is 0 Å². The van der Waals surface area contributed by atoms with E-state index >= 15 is 0 Å². The molecule has 0 atom stereocenters. The Hall–Kier alpha value is -2.55. The van der Waals surface area contributed by atoms with Crippen LogP contribution in [0.15, 0.2) is 53.6 Å². The normalized spacial score (nSPS) is 13.1. The summed E-state index contributed by atoms with van der Waals surface area (Å²) in [7, 11) is 0. The molecule has 0 saturated heterocycles. The largest absolute Gasteiger partial charge is 0.292 e. The molecule has 1 aliphatic heterocycles. The van der Waals surface area contributed by atoms with Crippen LogP contribution in [0.25, 0.3) is 27.7 Å². The molecule has 0 radical (unpaired) electrons. The predicted octanol–water partition coefficient (Wildman–Crippen LogP) is 1.37. The summed E-state index contributed by atoms with van der Waals surface area (Å²) >= 11 is 0. The maximum Gasteiger partial charge on any atom is 0.102 e. The van der Waals surface area contributed by atoms with E-state index in [1.54, 1.807) is 0 Å². The Morgan fingerprint density at radius 3 is 2.11 bits per heavy atom. The average molecular weight is 233 g/mol. The van der Waals surface area contributed by atoms with Gasteiger partial charge in [-0.1, -0.05) is 48.5 Å². The van der Waals surface area contributed by atoms with Crippen molar-refractivity contribution in [2.24, 2.45) is 5.10 Å². The van der Waals surface area contributed by atoms with Crippen LogP contribution in [0, 0.1) is 0 Å². The van der Waals surface area contributed by atoms with Gasteiger partial charge in [-0.3, -0.25) is 5.43 Å². The molecule has 18 heavy (non-hydrogen) atoms. The zero-order chi connectivity index (χ0) is 11.9. The lowest BCUT2D eigenvalue weighted by molar-refractivity contribution is 0.661. The Kier molecular flexibility index (Phi) is 1.83. The van der Waals surface area contributed by atoms with Crippen LogP contribution in [0.5, 0.6) is 0 Å². The number of hydrazine groups is 1. The fourth-order valence-electron chi connectivity index (χ4n) is 2.61. The third-order valence-corrected chi connectivity index (χ3v) is 3.39. The van der Waals surface area contributed by atoms with Crippen LogP contribution >= 0.6 is 0 Å². The standard InChI is InChI=1S/C15H11N3/c1-2-7-12-10(5-1)11-6-3-4-8-13(11)15-14(12)9-16-18-17-15/h1-9,16,18H. The van der Waals surface area contributed by atoms with E-state index in [1.165, 1.54) is 21.5 Å². The number of nitrogens with zero attached hydrogens (tertiary/aromatic N) is 1. The molecule has 0 bridgehead atoms. The molecule has 3 aromatic rings. The van der Waals surface area contributed by atoms with E-state index in [9.17, 15) is 0 Å². The highest BCUT2D eigenvalue weighted by atomic mass is 15.6. The van der Waals surface area contributed by atoms with Gasteiger partial charge in [-0.05, 0) is 16.2 Å². The van der Waals surface area contributed by atoms with Crippen LogP contribution in [0.2, 0.25) is 0 Å². The molecule has 4 rings (SSSR count). The summed E-state index contributed by atoms with van der Waals surface area (Å²) in [5.74, 6) is 0. The zero-order valence-electron chi connectivity index (χ0n) is 9.64. The molecule has 3 heteroatoms. The van der Waals surface area contributed by atoms with Crippen LogP contribution in [-0.2, 0) is 0 Å². The fraction of sp³-hybridized carbons (Fsp3) is 0. The fourth-order valence-corrected chi connectivity index (χ4v) is 2.61. The van der Waals surface area contributed by atoms with Crippen molar-refractivity contribution < 1.29 is 0 Å². The first-order chi connectivity index (χ1) is 8.95.